The van der Waals surface area contributed by atoms with Gasteiger partial charge in [-0.1, -0.05) is 26.0 Å². The molecule has 0 unspecified atom stereocenters. The Hall–Kier alpha value is -1.49. The second-order valence-electron chi connectivity index (χ2n) is 3.89. The van der Waals surface area contributed by atoms with Crippen molar-refractivity contribution in [3.8, 4) is 0 Å². The van der Waals surface area contributed by atoms with Gasteiger partial charge in [0.25, 0.3) is 0 Å². The molecule has 1 aliphatic heterocycles. The summed E-state index contributed by atoms with van der Waals surface area (Å²) >= 11 is 0. The average Bonchev–Trinajstić information content (AvgIpc) is 2.61. The zero-order valence-corrected chi connectivity index (χ0v) is 11.1. The summed E-state index contributed by atoms with van der Waals surface area (Å²) < 4.78 is 26.2. The van der Waals surface area contributed by atoms with Crippen molar-refractivity contribution < 1.29 is 18.0 Å². The van der Waals surface area contributed by atoms with Crippen molar-refractivity contribution >= 4 is 16.2 Å². The van der Waals surface area contributed by atoms with Crippen molar-refractivity contribution in [1.29, 1.82) is 0 Å². The highest BCUT2D eigenvalue weighted by atomic mass is 32.2. The van der Waals surface area contributed by atoms with Crippen LogP contribution in [0.1, 0.15) is 37.4 Å². The van der Waals surface area contributed by atoms with Crippen LogP contribution >= 0.6 is 0 Å². The van der Waals surface area contributed by atoms with Gasteiger partial charge in [-0.2, -0.15) is 9.59 Å². The van der Waals surface area contributed by atoms with Crippen molar-refractivity contribution in [2.45, 2.75) is 37.6 Å². The molecule has 0 saturated carbocycles. The summed E-state index contributed by atoms with van der Waals surface area (Å²) in [5, 5.41) is 0. The van der Waals surface area contributed by atoms with Gasteiger partial charge in [-0.3, -0.25) is 0 Å². The van der Waals surface area contributed by atoms with Crippen molar-refractivity contribution in [1.82, 2.24) is 4.72 Å². The van der Waals surface area contributed by atoms with Gasteiger partial charge >= 0.3 is 6.15 Å². The number of hydrogen-bond donors (Lipinski definition) is 1. The van der Waals surface area contributed by atoms with Crippen LogP contribution in [0, 0.1) is 0 Å². The maximum Gasteiger partial charge on any atom is 0.373 e. The summed E-state index contributed by atoms with van der Waals surface area (Å²) in [7, 11) is -3.25. The number of hydrogen-bond acceptors (Lipinski definition) is 4. The minimum Gasteiger partial charge on any atom is -0.207 e. The molecule has 1 aromatic carbocycles. The number of aryl methyl sites for hydroxylation is 1. The quantitative estimate of drug-likeness (QED) is 0.880. The monoisotopic (exact) mass is 269 g/mol. The Labute approximate surface area is 106 Å². The second-order valence-corrected chi connectivity index (χ2v) is 5.57. The van der Waals surface area contributed by atoms with Gasteiger partial charge in [0.1, 0.15) is 0 Å². The molecule has 6 heteroatoms. The number of benzene rings is 1. The standard InChI is InChI=1S/C11H15NO2S.CO2/c1-3-8-5-6-9-10(4-2)12-15(13,14)11(9)7-8;2-1-3/h5-7,10,12H,3-4H2,1-2H3;/t10-;/m0./s1. The number of carbonyl (C=O) groups excluding carboxylic acids is 2. The van der Waals surface area contributed by atoms with Crippen LogP contribution in [-0.2, 0) is 26.0 Å². The molecule has 1 N–H and O–H groups in total. The molecule has 0 radical (unpaired) electrons. The fourth-order valence-electron chi connectivity index (χ4n) is 1.94. The Kier molecular flexibility index (Phi) is 4.78. The minimum absolute atomic E-state index is 0.0455. The van der Waals surface area contributed by atoms with E-state index in [0.29, 0.717) is 4.90 Å². The first kappa shape index (κ1) is 14.6. The molecular formula is C12H15NO4S. The topological polar surface area (TPSA) is 80.3 Å². The highest BCUT2D eigenvalue weighted by molar-refractivity contribution is 7.89. The lowest BCUT2D eigenvalue weighted by Crippen LogP contribution is -2.18. The van der Waals surface area contributed by atoms with Crippen LogP contribution in [0.5, 0.6) is 0 Å². The van der Waals surface area contributed by atoms with Gasteiger partial charge < -0.3 is 0 Å². The lowest BCUT2D eigenvalue weighted by molar-refractivity contribution is -0.191. The molecule has 1 heterocycles. The Morgan fingerprint density at radius 3 is 2.39 bits per heavy atom. The van der Waals surface area contributed by atoms with E-state index in [1.54, 1.807) is 6.07 Å². The molecule has 1 aromatic rings. The number of rotatable bonds is 2. The molecule has 98 valence electrons. The summed E-state index contributed by atoms with van der Waals surface area (Å²) in [4.78, 5) is 16.7. The van der Waals surface area contributed by atoms with Gasteiger partial charge in [0.2, 0.25) is 10.0 Å². The number of nitrogens with one attached hydrogen (secondary N) is 1. The van der Waals surface area contributed by atoms with E-state index < -0.39 is 10.0 Å². The van der Waals surface area contributed by atoms with Gasteiger partial charge in [-0.25, -0.2) is 13.1 Å². The van der Waals surface area contributed by atoms with E-state index in [1.807, 2.05) is 26.0 Å². The van der Waals surface area contributed by atoms with Gasteiger partial charge in [-0.15, -0.1) is 0 Å². The predicted molar refractivity (Wildman–Crippen MR) is 64.2 cm³/mol. The van der Waals surface area contributed by atoms with E-state index in [-0.39, 0.29) is 12.2 Å². The third kappa shape index (κ3) is 2.85. The van der Waals surface area contributed by atoms with Crippen LogP contribution in [0.4, 0.5) is 0 Å². The Bertz CT molecular complexity index is 559. The number of sulfonamides is 1. The molecule has 0 fully saturated rings. The van der Waals surface area contributed by atoms with Gasteiger partial charge in [0.15, 0.2) is 0 Å². The third-order valence-electron chi connectivity index (χ3n) is 2.86. The molecule has 0 spiro atoms. The molecule has 0 saturated heterocycles. The summed E-state index contributed by atoms with van der Waals surface area (Å²) in [6.45, 7) is 4.00. The highest BCUT2D eigenvalue weighted by Crippen LogP contribution is 2.33. The smallest absolute Gasteiger partial charge is 0.207 e. The van der Waals surface area contributed by atoms with E-state index in [4.69, 9.17) is 9.59 Å². The first-order chi connectivity index (χ1) is 8.50. The largest absolute Gasteiger partial charge is 0.373 e. The van der Waals surface area contributed by atoms with Gasteiger partial charge in [0.05, 0.1) is 4.90 Å². The Morgan fingerprint density at radius 1 is 1.28 bits per heavy atom. The zero-order valence-electron chi connectivity index (χ0n) is 10.3. The number of fused-ring (bicyclic) bond motifs is 1. The van der Waals surface area contributed by atoms with Crippen molar-refractivity contribution in [3.63, 3.8) is 0 Å². The van der Waals surface area contributed by atoms with Crippen molar-refractivity contribution in [2.75, 3.05) is 0 Å². The normalized spacial score (nSPS) is 19.3. The molecule has 0 bridgehead atoms. The molecule has 5 nitrogen and oxygen atoms in total. The van der Waals surface area contributed by atoms with E-state index >= 15 is 0 Å². The highest BCUT2D eigenvalue weighted by Gasteiger charge is 2.32. The Morgan fingerprint density at radius 2 is 1.89 bits per heavy atom. The fourth-order valence-corrected chi connectivity index (χ4v) is 3.56. The molecule has 1 atom stereocenters. The summed E-state index contributed by atoms with van der Waals surface area (Å²) in [6.07, 6.45) is 1.90. The molecule has 2 rings (SSSR count). The average molecular weight is 269 g/mol. The summed E-state index contributed by atoms with van der Waals surface area (Å²) in [5.41, 5.74) is 1.98. The van der Waals surface area contributed by atoms with Crippen LogP contribution in [0.3, 0.4) is 0 Å². The fraction of sp³-hybridized carbons (Fsp3) is 0.417. The molecule has 1 aliphatic rings. The van der Waals surface area contributed by atoms with E-state index in [2.05, 4.69) is 4.72 Å². The zero-order chi connectivity index (χ0) is 13.8. The van der Waals surface area contributed by atoms with Crippen LogP contribution in [0.25, 0.3) is 0 Å². The maximum atomic E-state index is 11.8. The van der Waals surface area contributed by atoms with E-state index in [9.17, 15) is 8.42 Å². The molecular weight excluding hydrogens is 254 g/mol. The summed E-state index contributed by atoms with van der Waals surface area (Å²) in [6, 6.07) is 5.67. The van der Waals surface area contributed by atoms with Crippen molar-refractivity contribution in [2.24, 2.45) is 0 Å². The molecule has 18 heavy (non-hydrogen) atoms. The molecule has 0 aliphatic carbocycles. The van der Waals surface area contributed by atoms with E-state index in [1.165, 1.54) is 0 Å². The van der Waals surface area contributed by atoms with Crippen LogP contribution < -0.4 is 4.72 Å². The van der Waals surface area contributed by atoms with Crippen LogP contribution in [-0.4, -0.2) is 14.6 Å². The molecule has 0 amide bonds. The first-order valence-electron chi connectivity index (χ1n) is 5.64. The van der Waals surface area contributed by atoms with E-state index in [0.717, 1.165) is 24.0 Å². The first-order valence-corrected chi connectivity index (χ1v) is 7.12. The maximum absolute atomic E-state index is 11.8. The lowest BCUT2D eigenvalue weighted by Gasteiger charge is -2.06. The molecule has 0 aromatic heterocycles. The predicted octanol–water partition coefficient (Wildman–Crippen LogP) is 1.41. The Balaban J connectivity index is 0.000000492. The van der Waals surface area contributed by atoms with Gasteiger partial charge in [-0.05, 0) is 30.0 Å². The SMILES string of the molecule is CCc1ccc2c(c1)S(=O)(=O)N[C@H]2CC.O=C=O. The summed E-state index contributed by atoms with van der Waals surface area (Å²) in [5.74, 6) is 0. The van der Waals surface area contributed by atoms with Crippen LogP contribution in [0.15, 0.2) is 23.1 Å². The van der Waals surface area contributed by atoms with Crippen molar-refractivity contribution in [3.05, 3.63) is 29.3 Å². The van der Waals surface area contributed by atoms with Gasteiger partial charge in [0, 0.05) is 6.04 Å². The lowest BCUT2D eigenvalue weighted by atomic mass is 10.0. The second kappa shape index (κ2) is 5.91. The minimum atomic E-state index is -3.25. The third-order valence-corrected chi connectivity index (χ3v) is 4.38. The van der Waals surface area contributed by atoms with Crippen LogP contribution in [0.2, 0.25) is 0 Å².